The van der Waals surface area contributed by atoms with Crippen LogP contribution in [0, 0.1) is 0 Å². The Morgan fingerprint density at radius 1 is 1.22 bits per heavy atom. The molecule has 116 valence electrons. The van der Waals surface area contributed by atoms with E-state index in [0.717, 1.165) is 61.0 Å². The number of H-pyrrole nitrogens is 1. The molecule has 0 spiro atoms. The van der Waals surface area contributed by atoms with E-state index in [1.165, 1.54) is 11.9 Å². The molecule has 0 aromatic carbocycles. The standard InChI is InChI=1S/C16H17N7/c1-4-12-13(5-1)21-15(11-3-2-7-17-9-11)22-16(12)18-8-6-14-19-10-20-23-14/h2-3,7,9-10H,1,4-6,8H2,(H,18,21,22)(H,19,20,23). The zero-order valence-electron chi connectivity index (χ0n) is 12.7. The first kappa shape index (κ1) is 13.8. The fourth-order valence-electron chi connectivity index (χ4n) is 2.85. The minimum Gasteiger partial charge on any atom is -0.369 e. The summed E-state index contributed by atoms with van der Waals surface area (Å²) in [6.07, 6.45) is 9.05. The molecule has 0 aliphatic heterocycles. The second kappa shape index (κ2) is 6.12. The molecule has 23 heavy (non-hydrogen) atoms. The molecule has 7 nitrogen and oxygen atoms in total. The number of rotatable bonds is 5. The highest BCUT2D eigenvalue weighted by Gasteiger charge is 2.19. The summed E-state index contributed by atoms with van der Waals surface area (Å²) in [7, 11) is 0. The number of nitrogens with zero attached hydrogens (tertiary/aromatic N) is 5. The number of pyridine rings is 1. The SMILES string of the molecule is c1cncc(-c2nc3c(c(NCCc4ncn[nH]4)n2)CCC3)c1. The van der Waals surface area contributed by atoms with Gasteiger partial charge in [-0.3, -0.25) is 10.1 Å². The molecule has 0 saturated carbocycles. The maximum Gasteiger partial charge on any atom is 0.163 e. The smallest absolute Gasteiger partial charge is 0.163 e. The van der Waals surface area contributed by atoms with E-state index in [9.17, 15) is 0 Å². The molecule has 3 aromatic rings. The van der Waals surface area contributed by atoms with Crippen LogP contribution in [0.2, 0.25) is 0 Å². The van der Waals surface area contributed by atoms with Crippen molar-refractivity contribution in [1.82, 2.24) is 30.1 Å². The highest BCUT2D eigenvalue weighted by Crippen LogP contribution is 2.28. The third-order valence-electron chi connectivity index (χ3n) is 3.97. The van der Waals surface area contributed by atoms with Gasteiger partial charge in [0.25, 0.3) is 0 Å². The first-order valence-electron chi connectivity index (χ1n) is 7.78. The molecule has 1 aliphatic carbocycles. The Hall–Kier alpha value is -2.83. The van der Waals surface area contributed by atoms with E-state index in [4.69, 9.17) is 9.97 Å². The van der Waals surface area contributed by atoms with Gasteiger partial charge >= 0.3 is 0 Å². The number of aryl methyl sites for hydroxylation is 1. The van der Waals surface area contributed by atoms with Crippen LogP contribution in [0.3, 0.4) is 0 Å². The van der Waals surface area contributed by atoms with Crippen LogP contribution in [-0.4, -0.2) is 36.7 Å². The topological polar surface area (TPSA) is 92.3 Å². The van der Waals surface area contributed by atoms with E-state index >= 15 is 0 Å². The van der Waals surface area contributed by atoms with Crippen molar-refractivity contribution in [2.24, 2.45) is 0 Å². The summed E-state index contributed by atoms with van der Waals surface area (Å²) in [5.41, 5.74) is 3.34. The van der Waals surface area contributed by atoms with Gasteiger partial charge in [0.2, 0.25) is 0 Å². The molecule has 4 rings (SSSR count). The molecule has 2 N–H and O–H groups in total. The zero-order chi connectivity index (χ0) is 15.5. The lowest BCUT2D eigenvalue weighted by molar-refractivity contribution is 0.889. The molecule has 3 heterocycles. The first-order valence-corrected chi connectivity index (χ1v) is 7.78. The average Bonchev–Trinajstić information content (AvgIpc) is 3.26. The summed E-state index contributed by atoms with van der Waals surface area (Å²) in [5, 5.41) is 10.2. The van der Waals surface area contributed by atoms with Crippen molar-refractivity contribution >= 4 is 5.82 Å². The molecule has 0 amide bonds. The van der Waals surface area contributed by atoms with Gasteiger partial charge in [-0.05, 0) is 31.4 Å². The number of fused-ring (bicyclic) bond motifs is 1. The first-order chi connectivity index (χ1) is 11.4. The maximum atomic E-state index is 4.72. The van der Waals surface area contributed by atoms with Crippen molar-refractivity contribution in [3.05, 3.63) is 47.9 Å². The van der Waals surface area contributed by atoms with Crippen LogP contribution >= 0.6 is 0 Å². The largest absolute Gasteiger partial charge is 0.369 e. The molecule has 7 heteroatoms. The summed E-state index contributed by atoms with van der Waals surface area (Å²) in [6.45, 7) is 0.755. The van der Waals surface area contributed by atoms with E-state index in [1.807, 2.05) is 12.1 Å². The summed E-state index contributed by atoms with van der Waals surface area (Å²) < 4.78 is 0. The maximum absolute atomic E-state index is 4.72. The zero-order valence-corrected chi connectivity index (χ0v) is 12.7. The summed E-state index contributed by atoms with van der Waals surface area (Å²) in [6, 6.07) is 3.89. The second-order valence-corrected chi connectivity index (χ2v) is 5.53. The summed E-state index contributed by atoms with van der Waals surface area (Å²) >= 11 is 0. The van der Waals surface area contributed by atoms with Crippen molar-refractivity contribution < 1.29 is 0 Å². The highest BCUT2D eigenvalue weighted by atomic mass is 15.2. The van der Waals surface area contributed by atoms with Gasteiger partial charge in [-0.15, -0.1) is 0 Å². The Morgan fingerprint density at radius 2 is 2.22 bits per heavy atom. The molecular formula is C16H17N7. The van der Waals surface area contributed by atoms with Gasteiger partial charge in [0, 0.05) is 42.2 Å². The Bertz CT molecular complexity index is 784. The number of hydrogen-bond acceptors (Lipinski definition) is 6. The van der Waals surface area contributed by atoms with Crippen LogP contribution in [0.15, 0.2) is 30.9 Å². The quantitative estimate of drug-likeness (QED) is 0.746. The van der Waals surface area contributed by atoms with Crippen molar-refractivity contribution in [2.75, 3.05) is 11.9 Å². The fourth-order valence-corrected chi connectivity index (χ4v) is 2.85. The van der Waals surface area contributed by atoms with Crippen LogP contribution < -0.4 is 5.32 Å². The van der Waals surface area contributed by atoms with Gasteiger partial charge in [0.05, 0.1) is 0 Å². The Kier molecular flexibility index (Phi) is 3.67. The predicted octanol–water partition coefficient (Wildman–Crippen LogP) is 1.80. The summed E-state index contributed by atoms with van der Waals surface area (Å²) in [4.78, 5) is 17.7. The van der Waals surface area contributed by atoms with Crippen LogP contribution in [-0.2, 0) is 19.3 Å². The van der Waals surface area contributed by atoms with Crippen molar-refractivity contribution in [3.8, 4) is 11.4 Å². The number of aromatic nitrogens is 6. The monoisotopic (exact) mass is 307 g/mol. The van der Waals surface area contributed by atoms with Gasteiger partial charge in [0.15, 0.2) is 5.82 Å². The molecule has 0 radical (unpaired) electrons. The number of anilines is 1. The van der Waals surface area contributed by atoms with E-state index in [1.54, 1.807) is 12.4 Å². The second-order valence-electron chi connectivity index (χ2n) is 5.53. The van der Waals surface area contributed by atoms with E-state index < -0.39 is 0 Å². The fraction of sp³-hybridized carbons (Fsp3) is 0.312. The molecule has 0 fully saturated rings. The van der Waals surface area contributed by atoms with Crippen LogP contribution in [0.25, 0.3) is 11.4 Å². The molecule has 3 aromatic heterocycles. The Balaban J connectivity index is 1.59. The minimum absolute atomic E-state index is 0.737. The molecule has 0 saturated heterocycles. The van der Waals surface area contributed by atoms with Crippen LogP contribution in [0.1, 0.15) is 23.5 Å². The average molecular weight is 307 g/mol. The van der Waals surface area contributed by atoms with E-state index in [-0.39, 0.29) is 0 Å². The van der Waals surface area contributed by atoms with Crippen molar-refractivity contribution in [1.29, 1.82) is 0 Å². The lowest BCUT2D eigenvalue weighted by Crippen LogP contribution is -2.11. The molecular weight excluding hydrogens is 290 g/mol. The number of nitrogens with one attached hydrogen (secondary N) is 2. The minimum atomic E-state index is 0.737. The van der Waals surface area contributed by atoms with Gasteiger partial charge in [-0.2, -0.15) is 5.10 Å². The Morgan fingerprint density at radius 3 is 3.04 bits per heavy atom. The van der Waals surface area contributed by atoms with Crippen molar-refractivity contribution in [3.63, 3.8) is 0 Å². The Labute approximate surface area is 133 Å². The molecule has 0 unspecified atom stereocenters. The van der Waals surface area contributed by atoms with Gasteiger partial charge in [0.1, 0.15) is 18.0 Å². The summed E-state index contributed by atoms with van der Waals surface area (Å²) in [5.74, 6) is 2.54. The lowest BCUT2D eigenvalue weighted by atomic mass is 10.2. The van der Waals surface area contributed by atoms with Gasteiger partial charge < -0.3 is 5.32 Å². The highest BCUT2D eigenvalue weighted by molar-refractivity contribution is 5.59. The van der Waals surface area contributed by atoms with Gasteiger partial charge in [-0.25, -0.2) is 15.0 Å². The van der Waals surface area contributed by atoms with Crippen LogP contribution in [0.4, 0.5) is 5.82 Å². The van der Waals surface area contributed by atoms with E-state index in [0.29, 0.717) is 0 Å². The van der Waals surface area contributed by atoms with E-state index in [2.05, 4.69) is 25.5 Å². The van der Waals surface area contributed by atoms with Crippen molar-refractivity contribution in [2.45, 2.75) is 25.7 Å². The van der Waals surface area contributed by atoms with Gasteiger partial charge in [-0.1, -0.05) is 0 Å². The normalized spacial score (nSPS) is 13.0. The molecule has 0 bridgehead atoms. The number of hydrogen-bond donors (Lipinski definition) is 2. The third-order valence-corrected chi connectivity index (χ3v) is 3.97. The molecule has 0 atom stereocenters. The molecule has 1 aliphatic rings. The predicted molar refractivity (Wildman–Crippen MR) is 85.9 cm³/mol. The third kappa shape index (κ3) is 2.90. The number of aromatic amines is 1. The lowest BCUT2D eigenvalue weighted by Gasteiger charge is -2.11. The van der Waals surface area contributed by atoms with Crippen LogP contribution in [0.5, 0.6) is 0 Å².